The minimum Gasteiger partial charge on any atom is -0.342 e. The average molecular weight is 374 g/mol. The van der Waals surface area contributed by atoms with E-state index in [4.69, 9.17) is 23.7 Å². The zero-order valence-electron chi connectivity index (χ0n) is 15.6. The Morgan fingerprint density at radius 3 is 2.44 bits per heavy atom. The maximum absolute atomic E-state index is 13.3. The van der Waals surface area contributed by atoms with Crippen molar-refractivity contribution in [3.05, 3.63) is 30.6 Å². The molecule has 8 heteroatoms. The van der Waals surface area contributed by atoms with Crippen LogP contribution in [0.2, 0.25) is 0 Å². The standard InChI is InChI=1S/C19H22N2O6/c1-18(2)24-12-13(25-18)15-17(27-19(3,4)26-15)23-14(12)16(22)21-9-20-10-7-5-6-8-11(10)21/h5-9,12-15,17H,1-4H3. The number of benzene rings is 1. The molecule has 0 bridgehead atoms. The van der Waals surface area contributed by atoms with Gasteiger partial charge in [0, 0.05) is 0 Å². The molecule has 0 spiro atoms. The Morgan fingerprint density at radius 2 is 1.63 bits per heavy atom. The topological polar surface area (TPSA) is 81.0 Å². The van der Waals surface area contributed by atoms with Gasteiger partial charge in [0.15, 0.2) is 24.0 Å². The first-order valence-electron chi connectivity index (χ1n) is 9.07. The third-order valence-corrected chi connectivity index (χ3v) is 5.09. The van der Waals surface area contributed by atoms with E-state index in [2.05, 4.69) is 4.98 Å². The molecule has 1 aromatic carbocycles. The highest BCUT2D eigenvalue weighted by Crippen LogP contribution is 2.44. The second-order valence-corrected chi connectivity index (χ2v) is 8.03. The molecule has 2 aromatic rings. The number of aromatic nitrogens is 2. The number of hydrogen-bond donors (Lipinski definition) is 0. The summed E-state index contributed by atoms with van der Waals surface area (Å²) in [5.41, 5.74) is 1.45. The lowest BCUT2D eigenvalue weighted by Gasteiger charge is -2.36. The molecule has 3 aliphatic heterocycles. The summed E-state index contributed by atoms with van der Waals surface area (Å²) in [5.74, 6) is -1.94. The third kappa shape index (κ3) is 2.71. The maximum atomic E-state index is 13.3. The Hall–Kier alpha value is -1.84. The number of para-hydroxylation sites is 2. The van der Waals surface area contributed by atoms with Crippen molar-refractivity contribution in [1.82, 2.24) is 9.55 Å². The Morgan fingerprint density at radius 1 is 0.963 bits per heavy atom. The normalized spacial score (nSPS) is 36.5. The van der Waals surface area contributed by atoms with Gasteiger partial charge in [0.25, 0.3) is 5.91 Å². The number of hydrogen-bond acceptors (Lipinski definition) is 7. The minimum atomic E-state index is -0.895. The third-order valence-electron chi connectivity index (χ3n) is 5.09. The summed E-state index contributed by atoms with van der Waals surface area (Å²) in [5, 5.41) is 0. The van der Waals surface area contributed by atoms with Crippen LogP contribution in [0.5, 0.6) is 0 Å². The number of imidazole rings is 1. The van der Waals surface area contributed by atoms with Gasteiger partial charge in [-0.15, -0.1) is 0 Å². The van der Waals surface area contributed by atoms with E-state index >= 15 is 0 Å². The van der Waals surface area contributed by atoms with Crippen LogP contribution < -0.4 is 0 Å². The zero-order valence-corrected chi connectivity index (χ0v) is 15.6. The van der Waals surface area contributed by atoms with Crippen molar-refractivity contribution >= 4 is 16.9 Å². The Kier molecular flexibility index (Phi) is 3.57. The van der Waals surface area contributed by atoms with Crippen LogP contribution in [0.25, 0.3) is 11.0 Å². The van der Waals surface area contributed by atoms with Crippen molar-refractivity contribution in [1.29, 1.82) is 0 Å². The van der Waals surface area contributed by atoms with E-state index in [-0.39, 0.29) is 5.91 Å². The average Bonchev–Trinajstić information content (AvgIpc) is 3.24. The number of fused-ring (bicyclic) bond motifs is 4. The molecule has 0 aliphatic carbocycles. The summed E-state index contributed by atoms with van der Waals surface area (Å²) < 4.78 is 31.5. The second-order valence-electron chi connectivity index (χ2n) is 8.03. The molecule has 0 radical (unpaired) electrons. The van der Waals surface area contributed by atoms with Crippen LogP contribution in [-0.2, 0) is 23.7 Å². The van der Waals surface area contributed by atoms with Crippen molar-refractivity contribution in [2.24, 2.45) is 0 Å². The van der Waals surface area contributed by atoms with Gasteiger partial charge in [0.1, 0.15) is 24.6 Å². The highest BCUT2D eigenvalue weighted by molar-refractivity contribution is 5.93. The fourth-order valence-corrected chi connectivity index (χ4v) is 4.08. The van der Waals surface area contributed by atoms with E-state index in [1.807, 2.05) is 52.0 Å². The van der Waals surface area contributed by atoms with Gasteiger partial charge in [-0.25, -0.2) is 4.98 Å². The van der Waals surface area contributed by atoms with Crippen molar-refractivity contribution in [3.8, 4) is 0 Å². The van der Waals surface area contributed by atoms with Gasteiger partial charge in [-0.05, 0) is 39.8 Å². The van der Waals surface area contributed by atoms with Crippen LogP contribution in [0.4, 0.5) is 0 Å². The van der Waals surface area contributed by atoms with E-state index < -0.39 is 42.3 Å². The van der Waals surface area contributed by atoms with Gasteiger partial charge in [0.05, 0.1) is 11.0 Å². The van der Waals surface area contributed by atoms with E-state index in [1.165, 1.54) is 10.9 Å². The first-order valence-corrected chi connectivity index (χ1v) is 9.07. The second kappa shape index (κ2) is 5.59. The summed E-state index contributed by atoms with van der Waals surface area (Å²) >= 11 is 0. The molecule has 5 unspecified atom stereocenters. The highest BCUT2D eigenvalue weighted by atomic mass is 16.9. The number of carbonyl (C=O) groups excluding carboxylic acids is 1. The molecular formula is C19H22N2O6. The van der Waals surface area contributed by atoms with E-state index in [0.717, 1.165) is 5.52 Å². The molecule has 0 N–H and O–H groups in total. The number of rotatable bonds is 1. The van der Waals surface area contributed by atoms with E-state index in [1.54, 1.807) is 0 Å². The molecule has 5 atom stereocenters. The summed E-state index contributed by atoms with van der Waals surface area (Å²) in [7, 11) is 0. The first-order chi connectivity index (χ1) is 12.7. The number of ether oxygens (including phenoxy) is 5. The molecule has 8 nitrogen and oxygen atoms in total. The van der Waals surface area contributed by atoms with Crippen LogP contribution in [0, 0.1) is 0 Å². The van der Waals surface area contributed by atoms with Gasteiger partial charge >= 0.3 is 0 Å². The molecule has 0 saturated carbocycles. The SMILES string of the molecule is CC1(C)OC2OC(C(=O)n3cnc4ccccc43)C3OC(C)(C)OC3C2O1. The van der Waals surface area contributed by atoms with Crippen LogP contribution in [-0.4, -0.2) is 57.7 Å². The Balaban J connectivity index is 1.52. The van der Waals surface area contributed by atoms with Gasteiger partial charge in [-0.2, -0.15) is 0 Å². The van der Waals surface area contributed by atoms with E-state index in [0.29, 0.717) is 5.52 Å². The lowest BCUT2D eigenvalue weighted by molar-refractivity contribution is -0.222. The summed E-state index contributed by atoms with van der Waals surface area (Å²) in [6.07, 6.45) is -1.63. The molecule has 1 aromatic heterocycles. The Labute approximate surface area is 156 Å². The molecule has 3 saturated heterocycles. The van der Waals surface area contributed by atoms with Crippen LogP contribution in [0.1, 0.15) is 32.5 Å². The fraction of sp³-hybridized carbons (Fsp3) is 0.579. The quantitative estimate of drug-likeness (QED) is 0.756. The Bertz CT molecular complexity index is 906. The predicted molar refractivity (Wildman–Crippen MR) is 92.9 cm³/mol. The van der Waals surface area contributed by atoms with Gasteiger partial charge < -0.3 is 23.7 Å². The highest BCUT2D eigenvalue weighted by Gasteiger charge is 2.62. The van der Waals surface area contributed by atoms with Crippen LogP contribution >= 0.6 is 0 Å². The lowest BCUT2D eigenvalue weighted by Crippen LogP contribution is -2.58. The predicted octanol–water partition coefficient (Wildman–Crippen LogP) is 2.07. The van der Waals surface area contributed by atoms with Crippen LogP contribution in [0.15, 0.2) is 30.6 Å². The zero-order chi connectivity index (χ0) is 19.0. The van der Waals surface area contributed by atoms with Gasteiger partial charge in [-0.3, -0.25) is 9.36 Å². The van der Waals surface area contributed by atoms with Crippen molar-refractivity contribution < 1.29 is 28.5 Å². The molecule has 144 valence electrons. The summed E-state index contributed by atoms with van der Waals surface area (Å²) in [6.45, 7) is 7.25. The number of nitrogens with zero attached hydrogens (tertiary/aromatic N) is 2. The maximum Gasteiger partial charge on any atom is 0.264 e. The molecule has 3 fully saturated rings. The largest absolute Gasteiger partial charge is 0.342 e. The molecular weight excluding hydrogens is 352 g/mol. The first kappa shape index (κ1) is 17.3. The van der Waals surface area contributed by atoms with Gasteiger partial charge in [-0.1, -0.05) is 12.1 Å². The van der Waals surface area contributed by atoms with Crippen molar-refractivity contribution in [2.75, 3.05) is 0 Å². The molecule has 0 amide bonds. The molecule has 4 heterocycles. The smallest absolute Gasteiger partial charge is 0.264 e. The van der Waals surface area contributed by atoms with Crippen molar-refractivity contribution in [2.45, 2.75) is 70.0 Å². The number of carbonyl (C=O) groups is 1. The monoisotopic (exact) mass is 374 g/mol. The van der Waals surface area contributed by atoms with E-state index in [9.17, 15) is 4.79 Å². The molecule has 5 rings (SSSR count). The summed E-state index contributed by atoms with van der Waals surface area (Å²) in [4.78, 5) is 17.6. The molecule has 3 aliphatic rings. The molecule has 27 heavy (non-hydrogen) atoms. The van der Waals surface area contributed by atoms with Gasteiger partial charge in [0.2, 0.25) is 0 Å². The minimum absolute atomic E-state index is 0.272. The lowest BCUT2D eigenvalue weighted by atomic mass is 9.98. The van der Waals surface area contributed by atoms with Crippen LogP contribution in [0.3, 0.4) is 0 Å². The summed E-state index contributed by atoms with van der Waals surface area (Å²) in [6, 6.07) is 7.44. The van der Waals surface area contributed by atoms with Crippen molar-refractivity contribution in [3.63, 3.8) is 0 Å². The fourth-order valence-electron chi connectivity index (χ4n) is 4.08.